The highest BCUT2D eigenvalue weighted by atomic mass is 79.9. The number of carbonyl (C=O) groups excluding carboxylic acids is 1. The first-order chi connectivity index (χ1) is 10.1. The Morgan fingerprint density at radius 1 is 1.14 bits per heavy atom. The van der Waals surface area contributed by atoms with Crippen LogP contribution >= 0.6 is 31.9 Å². The molecule has 1 aromatic heterocycles. The van der Waals surface area contributed by atoms with E-state index in [9.17, 15) is 13.6 Å². The minimum Gasteiger partial charge on any atom is -0.443 e. The number of ether oxygens (including phenoxy) is 1. The smallest absolute Gasteiger partial charge is 0.419 e. The first-order valence-electron chi connectivity index (χ1n) is 6.34. The van der Waals surface area contributed by atoms with Crippen molar-refractivity contribution in [2.45, 2.75) is 26.4 Å². The van der Waals surface area contributed by atoms with Gasteiger partial charge in [-0.05, 0) is 70.8 Å². The van der Waals surface area contributed by atoms with Crippen LogP contribution in [0.3, 0.4) is 0 Å². The van der Waals surface area contributed by atoms with Crippen molar-refractivity contribution in [2.24, 2.45) is 0 Å². The molecule has 0 aliphatic rings. The van der Waals surface area contributed by atoms with Crippen LogP contribution in [0.25, 0.3) is 11.3 Å². The highest BCUT2D eigenvalue weighted by Gasteiger charge is 2.22. The molecule has 1 heterocycles. The number of benzene rings is 1. The first-order valence-corrected chi connectivity index (χ1v) is 7.93. The Labute approximate surface area is 143 Å². The second-order valence-corrected chi connectivity index (χ2v) is 7.36. The third kappa shape index (κ3) is 3.76. The molecule has 118 valence electrons. The summed E-state index contributed by atoms with van der Waals surface area (Å²) in [6, 6.07) is 3.89. The van der Waals surface area contributed by atoms with Crippen LogP contribution in [0, 0.1) is 11.6 Å². The van der Waals surface area contributed by atoms with Crippen molar-refractivity contribution in [3.63, 3.8) is 0 Å². The predicted molar refractivity (Wildman–Crippen MR) is 86.8 cm³/mol. The highest BCUT2D eigenvalue weighted by Crippen LogP contribution is 2.30. The lowest BCUT2D eigenvalue weighted by molar-refractivity contribution is 0.0540. The average molecular weight is 437 g/mol. The van der Waals surface area contributed by atoms with Gasteiger partial charge in [0.25, 0.3) is 0 Å². The highest BCUT2D eigenvalue weighted by molar-refractivity contribution is 9.10. The molecule has 22 heavy (non-hydrogen) atoms. The Balaban J connectivity index is 2.51. The third-order valence-corrected chi connectivity index (χ3v) is 3.85. The number of hydrogen-bond acceptors (Lipinski definition) is 2. The average Bonchev–Trinajstić information content (AvgIpc) is 2.75. The summed E-state index contributed by atoms with van der Waals surface area (Å²) in [6.45, 7) is 5.21. The first kappa shape index (κ1) is 17.1. The van der Waals surface area contributed by atoms with Gasteiger partial charge in [0.15, 0.2) is 0 Å². The molecule has 0 radical (unpaired) electrons. The number of carbonyl (C=O) groups is 1. The molecule has 0 aliphatic carbocycles. The second-order valence-electron chi connectivity index (χ2n) is 5.65. The zero-order valence-electron chi connectivity index (χ0n) is 12.1. The lowest BCUT2D eigenvalue weighted by Gasteiger charge is -2.20. The molecule has 1 aromatic carbocycles. The van der Waals surface area contributed by atoms with Crippen molar-refractivity contribution in [1.29, 1.82) is 0 Å². The Kier molecular flexibility index (Phi) is 4.77. The van der Waals surface area contributed by atoms with Crippen molar-refractivity contribution >= 4 is 38.0 Å². The van der Waals surface area contributed by atoms with Crippen LogP contribution in [0.5, 0.6) is 0 Å². The molecule has 0 bridgehead atoms. The topological polar surface area (TPSA) is 31.2 Å². The molecule has 0 N–H and O–H groups in total. The summed E-state index contributed by atoms with van der Waals surface area (Å²) >= 11 is 6.07. The molecule has 0 fully saturated rings. The Hall–Kier alpha value is -1.21. The van der Waals surface area contributed by atoms with E-state index in [0.29, 0.717) is 10.2 Å². The Bertz CT molecular complexity index is 713. The van der Waals surface area contributed by atoms with Gasteiger partial charge in [-0.25, -0.2) is 13.6 Å². The van der Waals surface area contributed by atoms with Gasteiger partial charge in [0.1, 0.15) is 17.2 Å². The van der Waals surface area contributed by atoms with Gasteiger partial charge in [0, 0.05) is 16.2 Å². The van der Waals surface area contributed by atoms with E-state index in [2.05, 4.69) is 31.9 Å². The van der Waals surface area contributed by atoms with E-state index < -0.39 is 23.3 Å². The molecular weight excluding hydrogens is 424 g/mol. The van der Waals surface area contributed by atoms with Crippen LogP contribution in [-0.4, -0.2) is 16.3 Å². The minimum atomic E-state index is -0.747. The van der Waals surface area contributed by atoms with Crippen molar-refractivity contribution in [1.82, 2.24) is 4.57 Å². The normalized spacial score (nSPS) is 11.6. The number of hydrogen-bond donors (Lipinski definition) is 0. The van der Waals surface area contributed by atoms with Gasteiger partial charge < -0.3 is 4.74 Å². The minimum absolute atomic E-state index is 0.231. The zero-order chi connectivity index (χ0) is 16.7. The SMILES string of the molecule is CC(C)(C)OC(=O)n1cc(Br)cc1-c1cc(F)c(Br)c(F)c1. The lowest BCUT2D eigenvalue weighted by atomic mass is 10.1. The quantitative estimate of drug-likeness (QED) is 0.533. The molecule has 0 aliphatic heterocycles. The van der Waals surface area contributed by atoms with Gasteiger partial charge in [-0.1, -0.05) is 0 Å². The molecule has 3 nitrogen and oxygen atoms in total. The molecule has 0 saturated heterocycles. The molecule has 0 spiro atoms. The number of rotatable bonds is 1. The molecule has 2 aromatic rings. The summed E-state index contributed by atoms with van der Waals surface area (Å²) in [5.41, 5.74) is -0.123. The number of halogens is 4. The van der Waals surface area contributed by atoms with Crippen molar-refractivity contribution in [2.75, 3.05) is 0 Å². The van der Waals surface area contributed by atoms with Crippen LogP contribution in [0.4, 0.5) is 13.6 Å². The molecule has 0 atom stereocenters. The summed E-state index contributed by atoms with van der Waals surface area (Å²) in [7, 11) is 0. The fourth-order valence-corrected chi connectivity index (χ4v) is 2.47. The van der Waals surface area contributed by atoms with Crippen LogP contribution in [-0.2, 0) is 4.74 Å². The van der Waals surface area contributed by atoms with Gasteiger partial charge in [0.05, 0.1) is 10.2 Å². The fraction of sp³-hybridized carbons (Fsp3) is 0.267. The maximum atomic E-state index is 13.7. The second kappa shape index (κ2) is 6.12. The van der Waals surface area contributed by atoms with E-state index in [1.54, 1.807) is 26.8 Å². The molecule has 0 saturated carbocycles. The van der Waals surface area contributed by atoms with E-state index in [-0.39, 0.29) is 10.0 Å². The van der Waals surface area contributed by atoms with Crippen LogP contribution in [0.2, 0.25) is 0 Å². The van der Waals surface area contributed by atoms with E-state index >= 15 is 0 Å². The monoisotopic (exact) mass is 435 g/mol. The lowest BCUT2D eigenvalue weighted by Crippen LogP contribution is -2.27. The molecule has 2 rings (SSSR count). The summed E-state index contributed by atoms with van der Waals surface area (Å²) in [4.78, 5) is 12.2. The van der Waals surface area contributed by atoms with E-state index in [0.717, 1.165) is 12.1 Å². The third-order valence-electron chi connectivity index (χ3n) is 2.66. The number of aromatic nitrogens is 1. The molecule has 0 unspecified atom stereocenters. The van der Waals surface area contributed by atoms with Gasteiger partial charge in [-0.2, -0.15) is 0 Å². The van der Waals surface area contributed by atoms with Crippen molar-refractivity contribution in [3.8, 4) is 11.3 Å². The summed E-state index contributed by atoms with van der Waals surface area (Å²) < 4.78 is 34.3. The predicted octanol–water partition coefficient (Wildman–Crippen LogP) is 5.74. The largest absolute Gasteiger partial charge is 0.443 e. The molecular formula is C15H13Br2F2NO2. The summed E-state index contributed by atoms with van der Waals surface area (Å²) in [5.74, 6) is -1.49. The van der Waals surface area contributed by atoms with Gasteiger partial charge >= 0.3 is 6.09 Å². The van der Waals surface area contributed by atoms with Crippen molar-refractivity contribution < 1.29 is 18.3 Å². The molecule has 0 amide bonds. The van der Waals surface area contributed by atoms with Crippen molar-refractivity contribution in [3.05, 3.63) is 45.0 Å². The van der Waals surface area contributed by atoms with E-state index in [1.807, 2.05) is 0 Å². The van der Waals surface area contributed by atoms with Gasteiger partial charge in [0.2, 0.25) is 0 Å². The van der Waals surface area contributed by atoms with Gasteiger partial charge in [-0.15, -0.1) is 0 Å². The summed E-state index contributed by atoms with van der Waals surface area (Å²) in [5, 5.41) is 0. The maximum absolute atomic E-state index is 13.7. The Morgan fingerprint density at radius 2 is 1.68 bits per heavy atom. The van der Waals surface area contributed by atoms with Crippen LogP contribution in [0.15, 0.2) is 33.3 Å². The van der Waals surface area contributed by atoms with Gasteiger partial charge in [-0.3, -0.25) is 4.57 Å². The maximum Gasteiger partial charge on any atom is 0.419 e. The van der Waals surface area contributed by atoms with Crippen LogP contribution < -0.4 is 0 Å². The Morgan fingerprint density at radius 3 is 2.18 bits per heavy atom. The van der Waals surface area contributed by atoms with Crippen LogP contribution in [0.1, 0.15) is 20.8 Å². The van der Waals surface area contributed by atoms with E-state index in [4.69, 9.17) is 4.74 Å². The fourth-order valence-electron chi connectivity index (χ4n) is 1.82. The van der Waals surface area contributed by atoms with E-state index in [1.165, 1.54) is 10.8 Å². The molecule has 7 heteroatoms. The number of nitrogens with zero attached hydrogens (tertiary/aromatic N) is 1. The summed E-state index contributed by atoms with van der Waals surface area (Å²) in [6.07, 6.45) is 0.860. The standard InChI is InChI=1S/C15H13Br2F2NO2/c1-15(2,3)22-14(21)20-7-9(16)6-12(20)8-4-10(18)13(17)11(19)5-8/h4-7H,1-3H3. The zero-order valence-corrected chi connectivity index (χ0v) is 15.3.